The number of aromatic nitrogens is 2. The van der Waals surface area contributed by atoms with E-state index in [1.807, 2.05) is 25.1 Å². The van der Waals surface area contributed by atoms with Crippen LogP contribution in [-0.4, -0.2) is 21.7 Å². The Bertz CT molecular complexity index is 1330. The molecule has 0 aliphatic heterocycles. The summed E-state index contributed by atoms with van der Waals surface area (Å²) in [6.07, 6.45) is 3.45. The molecule has 4 aromatic rings. The first kappa shape index (κ1) is 24.2. The van der Waals surface area contributed by atoms with E-state index in [-0.39, 0.29) is 17.8 Å². The van der Waals surface area contributed by atoms with E-state index in [0.29, 0.717) is 11.3 Å². The van der Waals surface area contributed by atoms with Gasteiger partial charge in [0.25, 0.3) is 0 Å². The first-order valence-corrected chi connectivity index (χ1v) is 11.8. The topological polar surface area (TPSA) is 56.1 Å². The first-order chi connectivity index (χ1) is 16.9. The lowest BCUT2D eigenvalue weighted by atomic mass is 10.00. The number of fused-ring (bicyclic) bond motifs is 1. The molecule has 5 nitrogen and oxygen atoms in total. The number of benzene rings is 3. The van der Waals surface area contributed by atoms with Crippen LogP contribution in [0, 0.1) is 5.82 Å². The Morgan fingerprint density at radius 1 is 1.11 bits per heavy atom. The number of aryl methyl sites for hydroxylation is 1. The number of carbonyl (C=O) groups is 1. The zero-order chi connectivity index (χ0) is 24.9. The second-order valence-corrected chi connectivity index (χ2v) is 8.83. The summed E-state index contributed by atoms with van der Waals surface area (Å²) in [6.45, 7) is 9.51. The number of carbonyl (C=O) groups excluding carboxylic acids is 1. The summed E-state index contributed by atoms with van der Waals surface area (Å²) < 4.78 is 21.5. The van der Waals surface area contributed by atoms with Gasteiger partial charge < -0.3 is 10.1 Å². The molecule has 1 aromatic heterocycles. The van der Waals surface area contributed by atoms with E-state index in [1.54, 1.807) is 29.9 Å². The summed E-state index contributed by atoms with van der Waals surface area (Å²) in [5, 5.41) is 8.35. The quantitative estimate of drug-likeness (QED) is 0.291. The molecule has 0 saturated carbocycles. The molecule has 0 radical (unpaired) electrons. The molecule has 0 unspecified atom stereocenters. The molecule has 4 rings (SSSR count). The second kappa shape index (κ2) is 10.6. The van der Waals surface area contributed by atoms with Crippen LogP contribution in [0.25, 0.3) is 16.6 Å². The highest BCUT2D eigenvalue weighted by Crippen LogP contribution is 2.29. The maximum absolute atomic E-state index is 13.3. The van der Waals surface area contributed by atoms with Crippen molar-refractivity contribution in [1.29, 1.82) is 0 Å². The van der Waals surface area contributed by atoms with Crippen LogP contribution in [0.1, 0.15) is 44.4 Å². The number of ether oxygens (including phenoxy) is 1. The molecule has 1 N–H and O–H groups in total. The molecule has 35 heavy (non-hydrogen) atoms. The van der Waals surface area contributed by atoms with Gasteiger partial charge in [-0.2, -0.15) is 5.10 Å². The Labute approximate surface area is 205 Å². The van der Waals surface area contributed by atoms with Crippen molar-refractivity contribution < 1.29 is 13.9 Å². The summed E-state index contributed by atoms with van der Waals surface area (Å²) in [6, 6.07) is 20.0. The molecule has 0 fully saturated rings. The zero-order valence-corrected chi connectivity index (χ0v) is 20.3. The van der Waals surface area contributed by atoms with Crippen LogP contribution in [0.15, 0.2) is 85.1 Å². The van der Waals surface area contributed by atoms with E-state index in [1.165, 1.54) is 17.7 Å². The Balaban J connectivity index is 1.63. The summed E-state index contributed by atoms with van der Waals surface area (Å²) in [5.41, 5.74) is 4.34. The van der Waals surface area contributed by atoms with Crippen LogP contribution in [0.5, 0.6) is 5.75 Å². The summed E-state index contributed by atoms with van der Waals surface area (Å²) in [4.78, 5) is 12.3. The third-order valence-corrected chi connectivity index (χ3v) is 5.92. The SMILES string of the molecule is C=C(C)C(=O)N[C@@H](C)[C@H](Oc1ccc2c(cnn2-c2ccc(F)cc2)c1)c1ccc(CCC)cc1. The Hall–Kier alpha value is -3.93. The van der Waals surface area contributed by atoms with Gasteiger partial charge in [-0.05, 0) is 73.9 Å². The van der Waals surface area contributed by atoms with Crippen molar-refractivity contribution >= 4 is 16.8 Å². The smallest absolute Gasteiger partial charge is 0.246 e. The molecular weight excluding hydrogens is 441 g/mol. The van der Waals surface area contributed by atoms with Gasteiger partial charge in [0.05, 0.1) is 23.4 Å². The van der Waals surface area contributed by atoms with Crippen LogP contribution in [0.4, 0.5) is 4.39 Å². The molecule has 3 aromatic carbocycles. The van der Waals surface area contributed by atoms with Gasteiger partial charge in [-0.25, -0.2) is 9.07 Å². The Morgan fingerprint density at radius 2 is 1.83 bits per heavy atom. The summed E-state index contributed by atoms with van der Waals surface area (Å²) in [5.74, 6) is 0.169. The number of halogens is 1. The van der Waals surface area contributed by atoms with Crippen LogP contribution >= 0.6 is 0 Å². The van der Waals surface area contributed by atoms with Crippen molar-refractivity contribution in [3.8, 4) is 11.4 Å². The maximum atomic E-state index is 13.3. The number of rotatable bonds is 9. The molecule has 0 aliphatic rings. The van der Waals surface area contributed by atoms with E-state index in [9.17, 15) is 9.18 Å². The molecule has 0 aliphatic carbocycles. The number of hydrogen-bond donors (Lipinski definition) is 1. The van der Waals surface area contributed by atoms with Gasteiger partial charge in [0.2, 0.25) is 5.91 Å². The number of nitrogens with one attached hydrogen (secondary N) is 1. The normalized spacial score (nSPS) is 12.8. The highest BCUT2D eigenvalue weighted by atomic mass is 19.1. The van der Waals surface area contributed by atoms with E-state index in [4.69, 9.17) is 4.74 Å². The fourth-order valence-corrected chi connectivity index (χ4v) is 4.05. The first-order valence-electron chi connectivity index (χ1n) is 11.8. The van der Waals surface area contributed by atoms with Gasteiger partial charge in [-0.3, -0.25) is 4.79 Å². The van der Waals surface area contributed by atoms with Gasteiger partial charge in [0, 0.05) is 11.0 Å². The molecule has 0 saturated heterocycles. The molecular formula is C29H30FN3O2. The Kier molecular flexibility index (Phi) is 7.30. The lowest BCUT2D eigenvalue weighted by molar-refractivity contribution is -0.118. The largest absolute Gasteiger partial charge is 0.484 e. The minimum atomic E-state index is -0.404. The third kappa shape index (κ3) is 5.60. The van der Waals surface area contributed by atoms with Gasteiger partial charge in [0.15, 0.2) is 0 Å². The molecule has 1 amide bonds. The van der Waals surface area contributed by atoms with Crippen molar-refractivity contribution in [1.82, 2.24) is 15.1 Å². The third-order valence-electron chi connectivity index (χ3n) is 5.92. The van der Waals surface area contributed by atoms with Crippen molar-refractivity contribution in [2.75, 3.05) is 0 Å². The Morgan fingerprint density at radius 3 is 2.49 bits per heavy atom. The van der Waals surface area contributed by atoms with Gasteiger partial charge >= 0.3 is 0 Å². The van der Waals surface area contributed by atoms with Crippen LogP contribution in [0.2, 0.25) is 0 Å². The molecule has 1 heterocycles. The lowest BCUT2D eigenvalue weighted by Gasteiger charge is -2.27. The van der Waals surface area contributed by atoms with E-state index in [2.05, 4.69) is 48.2 Å². The predicted octanol–water partition coefficient (Wildman–Crippen LogP) is 6.32. The molecule has 6 heteroatoms. The zero-order valence-electron chi connectivity index (χ0n) is 20.3. The maximum Gasteiger partial charge on any atom is 0.246 e. The highest BCUT2D eigenvalue weighted by Gasteiger charge is 2.24. The molecule has 2 atom stereocenters. The van der Waals surface area contributed by atoms with Crippen LogP contribution in [-0.2, 0) is 11.2 Å². The fourth-order valence-electron chi connectivity index (χ4n) is 4.05. The predicted molar refractivity (Wildman–Crippen MR) is 137 cm³/mol. The molecule has 180 valence electrons. The minimum absolute atomic E-state index is 0.204. The van der Waals surface area contributed by atoms with Crippen molar-refractivity contribution in [2.45, 2.75) is 45.8 Å². The standard InChI is InChI=1S/C29H30FN3O2/c1-5-6-21-7-9-22(10-8-21)28(20(4)32-29(34)19(2)3)35-26-15-16-27-23(17-26)18-31-33(27)25-13-11-24(30)12-14-25/h7-18,20,28H,2,5-6H2,1,3-4H3,(H,32,34)/t20-,28-/m0/s1. The number of hydrogen-bond acceptors (Lipinski definition) is 3. The van der Waals surface area contributed by atoms with Gasteiger partial charge in [0.1, 0.15) is 17.7 Å². The number of amides is 1. The monoisotopic (exact) mass is 471 g/mol. The van der Waals surface area contributed by atoms with E-state index >= 15 is 0 Å². The molecule has 0 bridgehead atoms. The van der Waals surface area contributed by atoms with E-state index in [0.717, 1.165) is 35.0 Å². The molecule has 0 spiro atoms. The fraction of sp³-hybridized carbons (Fsp3) is 0.241. The minimum Gasteiger partial charge on any atom is -0.484 e. The van der Waals surface area contributed by atoms with Crippen LogP contribution < -0.4 is 10.1 Å². The van der Waals surface area contributed by atoms with Crippen molar-refractivity contribution in [2.24, 2.45) is 0 Å². The van der Waals surface area contributed by atoms with Crippen molar-refractivity contribution in [3.05, 3.63) is 102 Å². The van der Waals surface area contributed by atoms with Gasteiger partial charge in [-0.15, -0.1) is 0 Å². The van der Waals surface area contributed by atoms with Crippen LogP contribution in [0.3, 0.4) is 0 Å². The highest BCUT2D eigenvalue weighted by molar-refractivity contribution is 5.92. The lowest BCUT2D eigenvalue weighted by Crippen LogP contribution is -2.39. The second-order valence-electron chi connectivity index (χ2n) is 8.83. The van der Waals surface area contributed by atoms with E-state index < -0.39 is 6.10 Å². The van der Waals surface area contributed by atoms with Gasteiger partial charge in [-0.1, -0.05) is 44.2 Å². The summed E-state index contributed by atoms with van der Waals surface area (Å²) >= 11 is 0. The average molecular weight is 472 g/mol. The number of nitrogens with zero attached hydrogens (tertiary/aromatic N) is 2. The van der Waals surface area contributed by atoms with Crippen molar-refractivity contribution in [3.63, 3.8) is 0 Å². The average Bonchev–Trinajstić information content (AvgIpc) is 3.27. The summed E-state index contributed by atoms with van der Waals surface area (Å²) in [7, 11) is 0.